The smallest absolute Gasteiger partial charge is 0.0995 e. The molecule has 0 aromatic heterocycles. The van der Waals surface area contributed by atoms with Gasteiger partial charge in [-0.15, -0.1) is 0 Å². The number of hydrogen-bond donors (Lipinski definition) is 1. The Morgan fingerprint density at radius 3 is 2.28 bits per heavy atom. The fraction of sp³-hybridized carbons (Fsp3) is 0.435. The fourth-order valence-corrected chi connectivity index (χ4v) is 4.29. The fourth-order valence-electron chi connectivity index (χ4n) is 4.17. The van der Waals surface area contributed by atoms with E-state index in [1.54, 1.807) is 0 Å². The zero-order valence-corrected chi connectivity index (χ0v) is 17.8. The van der Waals surface area contributed by atoms with Crippen LogP contribution in [0.25, 0.3) is 0 Å². The van der Waals surface area contributed by atoms with Crippen molar-refractivity contribution in [3.05, 3.63) is 58.1 Å². The molecule has 2 fully saturated rings. The highest BCUT2D eigenvalue weighted by molar-refractivity contribution is 6.31. The number of nitrogens with one attached hydrogen (secondary N) is 1. The van der Waals surface area contributed by atoms with Crippen molar-refractivity contribution in [2.24, 2.45) is 0 Å². The van der Waals surface area contributed by atoms with Crippen LogP contribution in [0.15, 0.2) is 36.4 Å². The van der Waals surface area contributed by atoms with Crippen LogP contribution >= 0.6 is 11.6 Å². The number of halogens is 1. The maximum absolute atomic E-state index is 9.58. The first-order chi connectivity index (χ1) is 14.1. The summed E-state index contributed by atoms with van der Waals surface area (Å²) in [6.45, 7) is 10.9. The predicted octanol–water partition coefficient (Wildman–Crippen LogP) is 3.25. The van der Waals surface area contributed by atoms with Crippen molar-refractivity contribution in [2.75, 3.05) is 62.2 Å². The van der Waals surface area contributed by atoms with Crippen LogP contribution in [0.5, 0.6) is 0 Å². The monoisotopic (exact) mass is 409 g/mol. The van der Waals surface area contributed by atoms with Crippen molar-refractivity contribution >= 4 is 23.0 Å². The molecule has 2 saturated heterocycles. The van der Waals surface area contributed by atoms with E-state index in [-0.39, 0.29) is 0 Å². The molecule has 2 aromatic carbocycles. The summed E-state index contributed by atoms with van der Waals surface area (Å²) in [7, 11) is 0. The molecule has 29 heavy (non-hydrogen) atoms. The first-order valence-electron chi connectivity index (χ1n) is 10.4. The molecule has 0 aliphatic carbocycles. The lowest BCUT2D eigenvalue weighted by Crippen LogP contribution is -2.46. The van der Waals surface area contributed by atoms with Crippen molar-refractivity contribution in [2.45, 2.75) is 13.5 Å². The van der Waals surface area contributed by atoms with Crippen LogP contribution in [0.1, 0.15) is 16.7 Å². The Balaban J connectivity index is 1.42. The number of rotatable bonds is 4. The number of hydrogen-bond acceptors (Lipinski definition) is 5. The van der Waals surface area contributed by atoms with E-state index >= 15 is 0 Å². The van der Waals surface area contributed by atoms with Gasteiger partial charge in [-0.3, -0.25) is 4.90 Å². The Morgan fingerprint density at radius 1 is 0.931 bits per heavy atom. The van der Waals surface area contributed by atoms with Crippen LogP contribution in [-0.4, -0.2) is 57.3 Å². The predicted molar refractivity (Wildman–Crippen MR) is 120 cm³/mol. The van der Waals surface area contributed by atoms with Gasteiger partial charge in [0.2, 0.25) is 0 Å². The molecule has 0 unspecified atom stereocenters. The van der Waals surface area contributed by atoms with E-state index in [0.717, 1.165) is 80.6 Å². The lowest BCUT2D eigenvalue weighted by atomic mass is 10.1. The second-order valence-electron chi connectivity index (χ2n) is 7.89. The molecule has 2 aliphatic heterocycles. The summed E-state index contributed by atoms with van der Waals surface area (Å²) in [6, 6.07) is 14.9. The van der Waals surface area contributed by atoms with E-state index < -0.39 is 0 Å². The maximum Gasteiger partial charge on any atom is 0.0995 e. The summed E-state index contributed by atoms with van der Waals surface area (Å²) in [5.41, 5.74) is 5.52. The van der Waals surface area contributed by atoms with Gasteiger partial charge in [0.25, 0.3) is 0 Å². The van der Waals surface area contributed by atoms with E-state index in [0.29, 0.717) is 0 Å². The molecule has 1 N–H and O–H groups in total. The highest BCUT2D eigenvalue weighted by Crippen LogP contribution is 2.25. The number of piperazine rings is 2. The zero-order chi connectivity index (χ0) is 20.2. The van der Waals surface area contributed by atoms with Crippen LogP contribution < -0.4 is 15.1 Å². The Bertz CT molecular complexity index is 893. The van der Waals surface area contributed by atoms with Crippen LogP contribution in [0.2, 0.25) is 5.02 Å². The standard InChI is InChI=1S/C23H28ClN5/c1-18-14-21(4-5-23(18)24)29-12-10-27(11-13-29)17-20-15-22(3-2-19(20)16-25)28-8-6-26-7-9-28/h2-5,14-15,26H,6-13,17H2,1H3. The van der Waals surface area contributed by atoms with E-state index in [1.165, 1.54) is 11.4 Å². The molecule has 2 aliphatic rings. The molecule has 2 aromatic rings. The van der Waals surface area contributed by atoms with Gasteiger partial charge in [0.15, 0.2) is 0 Å². The first-order valence-corrected chi connectivity index (χ1v) is 10.7. The van der Waals surface area contributed by atoms with Gasteiger partial charge in [0.05, 0.1) is 11.6 Å². The molecule has 0 saturated carbocycles. The van der Waals surface area contributed by atoms with Gasteiger partial charge in [-0.05, 0) is 54.4 Å². The minimum Gasteiger partial charge on any atom is -0.369 e. The molecule has 0 atom stereocenters. The molecule has 4 rings (SSSR count). The largest absolute Gasteiger partial charge is 0.369 e. The lowest BCUT2D eigenvalue weighted by Gasteiger charge is -2.36. The average Bonchev–Trinajstić information content (AvgIpc) is 2.77. The number of aryl methyl sites for hydroxylation is 1. The highest BCUT2D eigenvalue weighted by atomic mass is 35.5. The summed E-state index contributed by atoms with van der Waals surface area (Å²) >= 11 is 6.17. The molecule has 6 heteroatoms. The molecule has 0 bridgehead atoms. The van der Waals surface area contributed by atoms with Crippen LogP contribution in [0.4, 0.5) is 11.4 Å². The van der Waals surface area contributed by atoms with Gasteiger partial charge < -0.3 is 15.1 Å². The van der Waals surface area contributed by atoms with Crippen molar-refractivity contribution < 1.29 is 0 Å². The topological polar surface area (TPSA) is 45.5 Å². The van der Waals surface area contributed by atoms with Crippen molar-refractivity contribution in [1.29, 1.82) is 5.26 Å². The van der Waals surface area contributed by atoms with Crippen molar-refractivity contribution in [1.82, 2.24) is 10.2 Å². The molecule has 2 heterocycles. The van der Waals surface area contributed by atoms with Crippen molar-refractivity contribution in [3.63, 3.8) is 0 Å². The minimum atomic E-state index is 0.791. The van der Waals surface area contributed by atoms with Gasteiger partial charge in [-0.2, -0.15) is 5.26 Å². The summed E-state index contributed by atoms with van der Waals surface area (Å²) in [5, 5.41) is 13.8. The molecule has 0 radical (unpaired) electrons. The van der Waals surface area contributed by atoms with Crippen LogP contribution in [0.3, 0.4) is 0 Å². The SMILES string of the molecule is Cc1cc(N2CCN(Cc3cc(N4CCNCC4)ccc3C#N)CC2)ccc1Cl. The van der Waals surface area contributed by atoms with Gasteiger partial charge in [0.1, 0.15) is 0 Å². The number of nitriles is 1. The van der Waals surface area contributed by atoms with Crippen LogP contribution in [0, 0.1) is 18.3 Å². The highest BCUT2D eigenvalue weighted by Gasteiger charge is 2.20. The molecular weight excluding hydrogens is 382 g/mol. The Morgan fingerprint density at radius 2 is 1.59 bits per heavy atom. The molecule has 0 amide bonds. The molecule has 152 valence electrons. The minimum absolute atomic E-state index is 0.791. The average molecular weight is 410 g/mol. The van der Waals surface area contributed by atoms with E-state index in [1.807, 2.05) is 12.1 Å². The first kappa shape index (κ1) is 20.0. The summed E-state index contributed by atoms with van der Waals surface area (Å²) in [4.78, 5) is 7.28. The van der Waals surface area contributed by atoms with E-state index in [2.05, 4.69) is 57.3 Å². The molecule has 0 spiro atoms. The second-order valence-corrected chi connectivity index (χ2v) is 8.29. The molecule has 5 nitrogen and oxygen atoms in total. The van der Waals surface area contributed by atoms with Gasteiger partial charge in [0, 0.05) is 75.3 Å². The Hall–Kier alpha value is -2.26. The maximum atomic E-state index is 9.58. The van der Waals surface area contributed by atoms with Crippen molar-refractivity contribution in [3.8, 4) is 6.07 Å². The summed E-state index contributed by atoms with van der Waals surface area (Å²) in [5.74, 6) is 0. The molecular formula is C23H28ClN5. The Labute approximate surface area is 178 Å². The van der Waals surface area contributed by atoms with Gasteiger partial charge in [-0.25, -0.2) is 0 Å². The number of benzene rings is 2. The summed E-state index contributed by atoms with van der Waals surface area (Å²) < 4.78 is 0. The van der Waals surface area contributed by atoms with Crippen LogP contribution in [-0.2, 0) is 6.54 Å². The quantitative estimate of drug-likeness (QED) is 0.839. The third-order valence-electron chi connectivity index (χ3n) is 5.96. The third kappa shape index (κ3) is 4.67. The van der Waals surface area contributed by atoms with E-state index in [9.17, 15) is 5.26 Å². The third-order valence-corrected chi connectivity index (χ3v) is 6.39. The second kappa shape index (κ2) is 9.04. The normalized spacial score (nSPS) is 18.0. The Kier molecular flexibility index (Phi) is 6.25. The van der Waals surface area contributed by atoms with Gasteiger partial charge in [-0.1, -0.05) is 11.6 Å². The van der Waals surface area contributed by atoms with Gasteiger partial charge >= 0.3 is 0 Å². The summed E-state index contributed by atoms with van der Waals surface area (Å²) in [6.07, 6.45) is 0. The number of anilines is 2. The lowest BCUT2D eigenvalue weighted by molar-refractivity contribution is 0.249. The van der Waals surface area contributed by atoms with E-state index in [4.69, 9.17) is 11.6 Å². The zero-order valence-electron chi connectivity index (χ0n) is 17.0. The number of nitrogens with zero attached hydrogens (tertiary/aromatic N) is 4.